The molecule has 0 aliphatic heterocycles. The van der Waals surface area contributed by atoms with Gasteiger partial charge in [-0.1, -0.05) is 6.07 Å². The topological polar surface area (TPSA) is 24.9 Å². The zero-order chi connectivity index (χ0) is 11.9. The van der Waals surface area contributed by atoms with E-state index in [4.69, 9.17) is 0 Å². The Kier molecular flexibility index (Phi) is 5.25. The smallest absolute Gasteiger partial charge is 0.311 e. The molecule has 0 bridgehead atoms. The lowest BCUT2D eigenvalue weighted by molar-refractivity contribution is -0.135. The van der Waals surface area contributed by atoms with Crippen molar-refractivity contribution in [3.8, 4) is 0 Å². The molecule has 1 aromatic heterocycles. The summed E-state index contributed by atoms with van der Waals surface area (Å²) in [5.74, 6) is 0. The number of hydrogen-bond acceptors (Lipinski definition) is 2. The van der Waals surface area contributed by atoms with Gasteiger partial charge >= 0.3 is 6.18 Å². The minimum atomic E-state index is -4.03. The van der Waals surface area contributed by atoms with E-state index >= 15 is 0 Å². The molecule has 0 saturated heterocycles. The summed E-state index contributed by atoms with van der Waals surface area (Å²) >= 11 is 0. The van der Waals surface area contributed by atoms with E-state index in [9.17, 15) is 13.2 Å². The Morgan fingerprint density at radius 1 is 1.19 bits per heavy atom. The van der Waals surface area contributed by atoms with Crippen LogP contribution in [-0.4, -0.2) is 17.7 Å². The van der Waals surface area contributed by atoms with Gasteiger partial charge in [-0.05, 0) is 31.5 Å². The van der Waals surface area contributed by atoms with Gasteiger partial charge in [-0.15, -0.1) is 0 Å². The largest absolute Gasteiger partial charge is 0.389 e. The number of hydrogen-bond donors (Lipinski definition) is 1. The highest BCUT2D eigenvalue weighted by atomic mass is 19.4. The van der Waals surface area contributed by atoms with Gasteiger partial charge in [-0.25, -0.2) is 0 Å². The van der Waals surface area contributed by atoms with Gasteiger partial charge in [0.1, 0.15) is 0 Å². The summed E-state index contributed by atoms with van der Waals surface area (Å²) in [5.41, 5.74) is 0.901. The number of alkyl halides is 3. The van der Waals surface area contributed by atoms with Crippen LogP contribution in [-0.2, 0) is 6.54 Å². The number of nitrogens with one attached hydrogen (secondary N) is 1. The molecule has 0 saturated carbocycles. The first-order valence-electron chi connectivity index (χ1n) is 5.25. The predicted octanol–water partition coefficient (Wildman–Crippen LogP) is 2.90. The van der Waals surface area contributed by atoms with E-state index in [0.717, 1.165) is 5.69 Å². The summed E-state index contributed by atoms with van der Waals surface area (Å²) in [7, 11) is 0. The van der Waals surface area contributed by atoms with Crippen LogP contribution in [0.5, 0.6) is 0 Å². The highest BCUT2D eigenvalue weighted by Gasteiger charge is 2.25. The fraction of sp³-hybridized carbons (Fsp3) is 0.545. The molecule has 1 rings (SSSR count). The second-order valence-electron chi connectivity index (χ2n) is 3.57. The molecule has 1 heterocycles. The van der Waals surface area contributed by atoms with Gasteiger partial charge in [0.2, 0.25) is 0 Å². The number of aromatic nitrogens is 1. The molecule has 0 unspecified atom stereocenters. The van der Waals surface area contributed by atoms with Crippen LogP contribution < -0.4 is 5.32 Å². The summed E-state index contributed by atoms with van der Waals surface area (Å²) in [6, 6.07) is 5.59. The van der Waals surface area contributed by atoms with Gasteiger partial charge in [-0.2, -0.15) is 13.2 Å². The highest BCUT2D eigenvalue weighted by Crippen LogP contribution is 2.21. The number of unbranched alkanes of at least 4 members (excludes halogenated alkanes) is 1. The molecule has 16 heavy (non-hydrogen) atoms. The van der Waals surface area contributed by atoms with E-state index in [-0.39, 0.29) is 6.42 Å². The monoisotopic (exact) mass is 232 g/mol. The van der Waals surface area contributed by atoms with E-state index in [1.54, 1.807) is 6.20 Å². The molecule has 90 valence electrons. The lowest BCUT2D eigenvalue weighted by atomic mass is 10.2. The van der Waals surface area contributed by atoms with Crippen molar-refractivity contribution in [3.05, 3.63) is 30.1 Å². The summed E-state index contributed by atoms with van der Waals surface area (Å²) in [5, 5.41) is 3.06. The number of pyridine rings is 1. The molecule has 2 nitrogen and oxygen atoms in total. The number of halogens is 3. The van der Waals surface area contributed by atoms with Crippen molar-refractivity contribution >= 4 is 0 Å². The molecule has 1 N–H and O–H groups in total. The van der Waals surface area contributed by atoms with Gasteiger partial charge in [-0.3, -0.25) is 4.98 Å². The minimum Gasteiger partial charge on any atom is -0.311 e. The maximum absolute atomic E-state index is 11.8. The quantitative estimate of drug-likeness (QED) is 0.763. The van der Waals surface area contributed by atoms with Crippen LogP contribution in [0.15, 0.2) is 24.4 Å². The number of nitrogens with zero attached hydrogens (tertiary/aromatic N) is 1. The molecule has 0 amide bonds. The lowest BCUT2D eigenvalue weighted by Gasteiger charge is -2.06. The van der Waals surface area contributed by atoms with Crippen LogP contribution in [0.25, 0.3) is 0 Å². The van der Waals surface area contributed by atoms with Crippen molar-refractivity contribution in [2.75, 3.05) is 6.54 Å². The van der Waals surface area contributed by atoms with Gasteiger partial charge in [0.05, 0.1) is 5.69 Å². The lowest BCUT2D eigenvalue weighted by Crippen LogP contribution is -2.16. The van der Waals surface area contributed by atoms with Gasteiger partial charge < -0.3 is 5.32 Å². The summed E-state index contributed by atoms with van der Waals surface area (Å²) in [6.07, 6.45) is -2.31. The summed E-state index contributed by atoms with van der Waals surface area (Å²) in [4.78, 5) is 4.09. The van der Waals surface area contributed by atoms with E-state index in [2.05, 4.69) is 10.3 Å². The van der Waals surface area contributed by atoms with Gasteiger partial charge in [0, 0.05) is 19.2 Å². The SMILES string of the molecule is FC(F)(F)CCCCNCc1ccccn1. The molecule has 0 aromatic carbocycles. The van der Waals surface area contributed by atoms with Crippen molar-refractivity contribution in [2.24, 2.45) is 0 Å². The average molecular weight is 232 g/mol. The first kappa shape index (κ1) is 13.0. The summed E-state index contributed by atoms with van der Waals surface area (Å²) in [6.45, 7) is 1.19. The maximum Gasteiger partial charge on any atom is 0.389 e. The van der Waals surface area contributed by atoms with Crippen LogP contribution in [0.1, 0.15) is 25.0 Å². The zero-order valence-corrected chi connectivity index (χ0v) is 8.93. The normalized spacial score (nSPS) is 11.7. The fourth-order valence-corrected chi connectivity index (χ4v) is 1.29. The van der Waals surface area contributed by atoms with Gasteiger partial charge in [0.25, 0.3) is 0 Å². The molecule has 0 atom stereocenters. The van der Waals surface area contributed by atoms with Crippen molar-refractivity contribution in [1.29, 1.82) is 0 Å². The summed E-state index contributed by atoms with van der Waals surface area (Å²) < 4.78 is 35.4. The first-order chi connectivity index (χ1) is 7.58. The predicted molar refractivity (Wildman–Crippen MR) is 55.8 cm³/mol. The van der Waals surface area contributed by atoms with Crippen LogP contribution in [0, 0.1) is 0 Å². The van der Waals surface area contributed by atoms with E-state index in [1.165, 1.54) is 0 Å². The second kappa shape index (κ2) is 6.48. The van der Waals surface area contributed by atoms with E-state index in [1.807, 2.05) is 18.2 Å². The average Bonchev–Trinajstić information content (AvgIpc) is 2.23. The maximum atomic E-state index is 11.8. The molecule has 0 spiro atoms. The Morgan fingerprint density at radius 2 is 2.00 bits per heavy atom. The Labute approximate surface area is 92.9 Å². The molecule has 0 fully saturated rings. The van der Waals surface area contributed by atoms with Crippen molar-refractivity contribution < 1.29 is 13.2 Å². The Bertz CT molecular complexity index is 285. The molecule has 1 aromatic rings. The Morgan fingerprint density at radius 3 is 2.62 bits per heavy atom. The minimum absolute atomic E-state index is 0.179. The fourth-order valence-electron chi connectivity index (χ4n) is 1.29. The van der Waals surface area contributed by atoms with Crippen LogP contribution in [0.3, 0.4) is 0 Å². The van der Waals surface area contributed by atoms with Crippen LogP contribution >= 0.6 is 0 Å². The zero-order valence-electron chi connectivity index (χ0n) is 8.93. The van der Waals surface area contributed by atoms with Crippen molar-refractivity contribution in [3.63, 3.8) is 0 Å². The Hall–Kier alpha value is -1.10. The van der Waals surface area contributed by atoms with Crippen LogP contribution in [0.2, 0.25) is 0 Å². The second-order valence-corrected chi connectivity index (χ2v) is 3.57. The Balaban J connectivity index is 2.01. The van der Waals surface area contributed by atoms with Gasteiger partial charge in [0.15, 0.2) is 0 Å². The molecular weight excluding hydrogens is 217 g/mol. The van der Waals surface area contributed by atoms with Crippen LogP contribution in [0.4, 0.5) is 13.2 Å². The number of rotatable bonds is 6. The highest BCUT2D eigenvalue weighted by molar-refractivity contribution is 5.02. The van der Waals surface area contributed by atoms with E-state index < -0.39 is 12.6 Å². The first-order valence-corrected chi connectivity index (χ1v) is 5.25. The third-order valence-corrected chi connectivity index (χ3v) is 2.10. The third kappa shape index (κ3) is 6.40. The molecule has 0 radical (unpaired) electrons. The standard InChI is InChI=1S/C11H15F3N2/c12-11(13,14)6-2-4-7-15-9-10-5-1-3-8-16-10/h1,3,5,8,15H,2,4,6-7,9H2. The van der Waals surface area contributed by atoms with Crippen molar-refractivity contribution in [1.82, 2.24) is 10.3 Å². The molecular formula is C11H15F3N2. The molecule has 5 heteroatoms. The molecule has 0 aliphatic carbocycles. The molecule has 0 aliphatic rings. The third-order valence-electron chi connectivity index (χ3n) is 2.10. The van der Waals surface area contributed by atoms with E-state index in [0.29, 0.717) is 19.5 Å². The van der Waals surface area contributed by atoms with Crippen molar-refractivity contribution in [2.45, 2.75) is 32.0 Å².